The number of benzene rings is 1. The largest absolute Gasteiger partial charge is 0.478 e. The van der Waals surface area contributed by atoms with E-state index in [9.17, 15) is 4.79 Å². The summed E-state index contributed by atoms with van der Waals surface area (Å²) >= 11 is 0. The molecule has 0 bridgehead atoms. The quantitative estimate of drug-likeness (QED) is 0.841. The normalized spacial score (nSPS) is 10.2. The molecule has 0 fully saturated rings. The number of anilines is 1. The van der Waals surface area contributed by atoms with E-state index < -0.39 is 5.97 Å². The van der Waals surface area contributed by atoms with E-state index in [1.54, 1.807) is 36.8 Å². The van der Waals surface area contributed by atoms with Crippen molar-refractivity contribution >= 4 is 11.7 Å². The number of aryl methyl sites for hydroxylation is 1. The predicted molar refractivity (Wildman–Crippen MR) is 63.9 cm³/mol. The van der Waals surface area contributed by atoms with Gasteiger partial charge < -0.3 is 15.0 Å². The van der Waals surface area contributed by atoms with Gasteiger partial charge in [-0.1, -0.05) is 0 Å². The van der Waals surface area contributed by atoms with Crippen LogP contribution in [0.4, 0.5) is 5.69 Å². The molecule has 88 valence electrons. The summed E-state index contributed by atoms with van der Waals surface area (Å²) in [5.41, 5.74) is 2.24. The second-order valence-electron chi connectivity index (χ2n) is 3.73. The molecule has 0 saturated heterocycles. The lowest BCUT2D eigenvalue weighted by Crippen LogP contribution is -2.04. The summed E-state index contributed by atoms with van der Waals surface area (Å²) in [5.74, 6) is -0.914. The highest BCUT2D eigenvalue weighted by Crippen LogP contribution is 2.10. The first-order chi connectivity index (χ1) is 8.16. The lowest BCUT2D eigenvalue weighted by atomic mass is 10.2. The molecule has 2 rings (SSSR count). The van der Waals surface area contributed by atoms with Gasteiger partial charge in [0, 0.05) is 18.9 Å². The highest BCUT2D eigenvalue weighted by molar-refractivity contribution is 5.87. The lowest BCUT2D eigenvalue weighted by molar-refractivity contribution is 0.0697. The van der Waals surface area contributed by atoms with Gasteiger partial charge in [0.1, 0.15) is 0 Å². The molecule has 2 aromatic rings. The SMILES string of the molecule is Cn1cncc1CNc1ccc(C(=O)O)cc1. The molecule has 0 amide bonds. The van der Waals surface area contributed by atoms with E-state index >= 15 is 0 Å². The van der Waals surface area contributed by atoms with Crippen molar-refractivity contribution in [1.82, 2.24) is 9.55 Å². The van der Waals surface area contributed by atoms with E-state index in [2.05, 4.69) is 10.3 Å². The fraction of sp³-hybridized carbons (Fsp3) is 0.167. The number of nitrogens with one attached hydrogen (secondary N) is 1. The van der Waals surface area contributed by atoms with Gasteiger partial charge in [0.15, 0.2) is 0 Å². The Labute approximate surface area is 98.7 Å². The Morgan fingerprint density at radius 1 is 1.41 bits per heavy atom. The predicted octanol–water partition coefficient (Wildman–Crippen LogP) is 1.73. The Morgan fingerprint density at radius 3 is 2.65 bits per heavy atom. The summed E-state index contributed by atoms with van der Waals surface area (Å²) < 4.78 is 1.93. The molecule has 1 aromatic carbocycles. The molecule has 0 radical (unpaired) electrons. The van der Waals surface area contributed by atoms with Gasteiger partial charge in [-0.3, -0.25) is 0 Å². The van der Waals surface area contributed by atoms with Gasteiger partial charge in [-0.25, -0.2) is 9.78 Å². The Kier molecular flexibility index (Phi) is 3.09. The average Bonchev–Trinajstić information content (AvgIpc) is 2.73. The van der Waals surface area contributed by atoms with Crippen LogP contribution < -0.4 is 5.32 Å². The summed E-state index contributed by atoms with van der Waals surface area (Å²) in [4.78, 5) is 14.7. The first-order valence-corrected chi connectivity index (χ1v) is 5.19. The lowest BCUT2D eigenvalue weighted by Gasteiger charge is -2.06. The van der Waals surface area contributed by atoms with Crippen LogP contribution in [-0.2, 0) is 13.6 Å². The number of carboxylic acid groups (broad SMARTS) is 1. The molecule has 1 heterocycles. The van der Waals surface area contributed by atoms with Crippen LogP contribution in [-0.4, -0.2) is 20.6 Å². The summed E-state index contributed by atoms with van der Waals surface area (Å²) in [5, 5.41) is 12.0. The minimum absolute atomic E-state index is 0.288. The molecule has 5 nitrogen and oxygen atoms in total. The van der Waals surface area contributed by atoms with Gasteiger partial charge in [0.2, 0.25) is 0 Å². The second kappa shape index (κ2) is 4.69. The molecule has 2 N–H and O–H groups in total. The van der Waals surface area contributed by atoms with Crippen LogP contribution in [0.1, 0.15) is 16.1 Å². The molecule has 0 aliphatic carbocycles. The van der Waals surface area contributed by atoms with Gasteiger partial charge in [-0.2, -0.15) is 0 Å². The molecule has 17 heavy (non-hydrogen) atoms. The van der Waals surface area contributed by atoms with Crippen molar-refractivity contribution in [3.63, 3.8) is 0 Å². The maximum absolute atomic E-state index is 10.7. The molecule has 0 unspecified atom stereocenters. The van der Waals surface area contributed by atoms with E-state index in [0.717, 1.165) is 11.4 Å². The Bertz CT molecular complexity index is 517. The van der Waals surface area contributed by atoms with Crippen molar-refractivity contribution < 1.29 is 9.90 Å². The summed E-state index contributed by atoms with van der Waals surface area (Å²) in [7, 11) is 1.93. The van der Waals surface area contributed by atoms with Crippen LogP contribution in [0.3, 0.4) is 0 Å². The molecule has 0 saturated carbocycles. The van der Waals surface area contributed by atoms with Crippen LogP contribution in [0.25, 0.3) is 0 Å². The number of rotatable bonds is 4. The smallest absolute Gasteiger partial charge is 0.335 e. The van der Waals surface area contributed by atoms with Crippen LogP contribution in [0.2, 0.25) is 0 Å². The van der Waals surface area contributed by atoms with Crippen molar-refractivity contribution in [1.29, 1.82) is 0 Å². The third-order valence-electron chi connectivity index (χ3n) is 2.52. The third-order valence-corrected chi connectivity index (χ3v) is 2.52. The van der Waals surface area contributed by atoms with Crippen LogP contribution in [0.5, 0.6) is 0 Å². The number of aromatic nitrogens is 2. The van der Waals surface area contributed by atoms with E-state index in [-0.39, 0.29) is 5.56 Å². The minimum Gasteiger partial charge on any atom is -0.478 e. The van der Waals surface area contributed by atoms with Crippen molar-refractivity contribution in [2.75, 3.05) is 5.32 Å². The zero-order valence-electron chi connectivity index (χ0n) is 9.42. The maximum Gasteiger partial charge on any atom is 0.335 e. The number of aromatic carboxylic acids is 1. The molecular formula is C12H13N3O2. The standard InChI is InChI=1S/C12H13N3O2/c1-15-8-13-6-11(15)7-14-10-4-2-9(3-5-10)12(16)17/h2-6,8,14H,7H2,1H3,(H,16,17). The topological polar surface area (TPSA) is 67.2 Å². The highest BCUT2D eigenvalue weighted by atomic mass is 16.4. The molecule has 0 aliphatic rings. The maximum atomic E-state index is 10.7. The minimum atomic E-state index is -0.914. The monoisotopic (exact) mass is 231 g/mol. The summed E-state index contributed by atoms with van der Waals surface area (Å²) in [6.45, 7) is 0.656. The number of hydrogen-bond acceptors (Lipinski definition) is 3. The Balaban J connectivity index is 2.00. The average molecular weight is 231 g/mol. The van der Waals surface area contributed by atoms with Crippen molar-refractivity contribution in [2.24, 2.45) is 7.05 Å². The molecule has 0 atom stereocenters. The van der Waals surface area contributed by atoms with Crippen molar-refractivity contribution in [2.45, 2.75) is 6.54 Å². The first kappa shape index (κ1) is 11.2. The summed E-state index contributed by atoms with van der Waals surface area (Å²) in [6, 6.07) is 6.65. The molecule has 5 heteroatoms. The van der Waals surface area contributed by atoms with Gasteiger partial charge in [0.25, 0.3) is 0 Å². The van der Waals surface area contributed by atoms with Gasteiger partial charge in [0.05, 0.1) is 24.1 Å². The van der Waals surface area contributed by atoms with Gasteiger partial charge >= 0.3 is 5.97 Å². The fourth-order valence-corrected chi connectivity index (χ4v) is 1.48. The number of hydrogen-bond donors (Lipinski definition) is 2. The zero-order valence-corrected chi connectivity index (χ0v) is 9.42. The number of nitrogens with zero attached hydrogens (tertiary/aromatic N) is 2. The van der Waals surface area contributed by atoms with E-state index in [1.807, 2.05) is 11.6 Å². The van der Waals surface area contributed by atoms with Crippen LogP contribution in [0.15, 0.2) is 36.8 Å². The van der Waals surface area contributed by atoms with Crippen LogP contribution >= 0.6 is 0 Å². The Hall–Kier alpha value is -2.30. The molecule has 0 aliphatic heterocycles. The summed E-state index contributed by atoms with van der Waals surface area (Å²) in [6.07, 6.45) is 3.53. The molecule has 0 spiro atoms. The van der Waals surface area contributed by atoms with Gasteiger partial charge in [-0.05, 0) is 24.3 Å². The van der Waals surface area contributed by atoms with Gasteiger partial charge in [-0.15, -0.1) is 0 Å². The van der Waals surface area contributed by atoms with Crippen molar-refractivity contribution in [3.05, 3.63) is 48.0 Å². The van der Waals surface area contributed by atoms with E-state index in [4.69, 9.17) is 5.11 Å². The van der Waals surface area contributed by atoms with Crippen LogP contribution in [0, 0.1) is 0 Å². The molecule has 1 aromatic heterocycles. The van der Waals surface area contributed by atoms with Crippen molar-refractivity contribution in [3.8, 4) is 0 Å². The van der Waals surface area contributed by atoms with E-state index in [0.29, 0.717) is 6.54 Å². The highest BCUT2D eigenvalue weighted by Gasteiger charge is 2.02. The second-order valence-corrected chi connectivity index (χ2v) is 3.73. The first-order valence-electron chi connectivity index (χ1n) is 5.19. The molecular weight excluding hydrogens is 218 g/mol. The number of carbonyl (C=O) groups is 1. The zero-order chi connectivity index (χ0) is 12.3. The number of carboxylic acids is 1. The van der Waals surface area contributed by atoms with E-state index in [1.165, 1.54) is 0 Å². The number of imidazole rings is 1. The third kappa shape index (κ3) is 2.63. The Morgan fingerprint density at radius 2 is 2.12 bits per heavy atom. The fourth-order valence-electron chi connectivity index (χ4n) is 1.48.